The van der Waals surface area contributed by atoms with Crippen molar-refractivity contribution < 1.29 is 14.3 Å². The molecule has 2 rings (SSSR count). The average molecular weight is 304 g/mol. The maximum absolute atomic E-state index is 12.1. The van der Waals surface area contributed by atoms with Crippen LogP contribution in [0.5, 0.6) is 6.01 Å². The highest BCUT2D eigenvalue weighted by Gasteiger charge is 2.12. The quantitative estimate of drug-likeness (QED) is 0.645. The number of aliphatic hydroxyl groups excluding tert-OH is 1. The van der Waals surface area contributed by atoms with Crippen molar-refractivity contribution in [1.82, 2.24) is 9.97 Å². The second kappa shape index (κ2) is 6.30. The van der Waals surface area contributed by atoms with E-state index in [2.05, 4.69) is 16.5 Å². The van der Waals surface area contributed by atoms with Crippen LogP contribution in [-0.4, -0.2) is 21.7 Å². The number of nitrogens with zero attached hydrogens (tertiary/aromatic N) is 1. The molecule has 22 heavy (non-hydrogen) atoms. The minimum atomic E-state index is -0.578. The summed E-state index contributed by atoms with van der Waals surface area (Å²) in [5.74, 6) is 0.0536. The summed E-state index contributed by atoms with van der Waals surface area (Å²) in [4.78, 5) is 30.1. The van der Waals surface area contributed by atoms with Gasteiger partial charge in [0.25, 0.3) is 11.6 Å². The molecule has 0 saturated heterocycles. The zero-order chi connectivity index (χ0) is 16.3. The van der Waals surface area contributed by atoms with Crippen LogP contribution in [0.3, 0.4) is 0 Å². The molecule has 2 aromatic rings. The second-order valence-electron chi connectivity index (χ2n) is 4.60. The molecule has 0 aliphatic carbocycles. The van der Waals surface area contributed by atoms with Crippen molar-refractivity contribution in [2.24, 2.45) is 0 Å². The molecule has 0 radical (unpaired) electrons. The summed E-state index contributed by atoms with van der Waals surface area (Å²) in [5.41, 5.74) is -0.0966. The zero-order valence-corrected chi connectivity index (χ0v) is 12.3. The molecule has 0 aromatic carbocycles. The van der Waals surface area contributed by atoms with Gasteiger partial charge in [0.2, 0.25) is 5.71 Å². The summed E-state index contributed by atoms with van der Waals surface area (Å²) in [6.45, 7) is 6.83. The highest BCUT2D eigenvalue weighted by Crippen LogP contribution is 2.14. The summed E-state index contributed by atoms with van der Waals surface area (Å²) in [5, 5.41) is 9.63. The Morgan fingerprint density at radius 1 is 1.55 bits per heavy atom. The van der Waals surface area contributed by atoms with Gasteiger partial charge in [0.15, 0.2) is 0 Å². The Balaban J connectivity index is 2.46. The van der Waals surface area contributed by atoms with Crippen LogP contribution in [0.25, 0.3) is 11.1 Å². The normalized spacial score (nSPS) is 12.1. The Kier molecular flexibility index (Phi) is 4.45. The predicted molar refractivity (Wildman–Crippen MR) is 81.3 cm³/mol. The van der Waals surface area contributed by atoms with Crippen molar-refractivity contribution in [1.29, 1.82) is 0 Å². The van der Waals surface area contributed by atoms with Crippen molar-refractivity contribution in [2.45, 2.75) is 20.3 Å². The fraction of sp³-hybridized carbons (Fsp3) is 0.267. The van der Waals surface area contributed by atoms with Crippen LogP contribution in [0.1, 0.15) is 19.4 Å². The number of fused-ring (bicyclic) bond motifs is 1. The number of aromatic amines is 1. The number of H-pyrrole nitrogens is 1. The maximum atomic E-state index is 12.1. The van der Waals surface area contributed by atoms with Gasteiger partial charge in [0.05, 0.1) is 5.76 Å². The number of aryl methyl sites for hydroxylation is 1. The van der Waals surface area contributed by atoms with E-state index in [4.69, 9.17) is 9.15 Å². The molecular weight excluding hydrogens is 288 g/mol. The maximum Gasteiger partial charge on any atom is 0.337 e. The van der Waals surface area contributed by atoms with Gasteiger partial charge in [0.1, 0.15) is 12.0 Å². The number of aliphatic hydroxyl groups is 1. The van der Waals surface area contributed by atoms with Gasteiger partial charge in [-0.3, -0.25) is 9.78 Å². The second-order valence-corrected chi connectivity index (χ2v) is 4.60. The first-order valence-corrected chi connectivity index (χ1v) is 6.67. The largest absolute Gasteiger partial charge is 0.512 e. The fourth-order valence-corrected chi connectivity index (χ4v) is 1.93. The van der Waals surface area contributed by atoms with Crippen LogP contribution in [-0.2, 0) is 6.42 Å². The lowest BCUT2D eigenvalue weighted by molar-refractivity contribution is 0.313. The monoisotopic (exact) mass is 304 g/mol. The third kappa shape index (κ3) is 3.08. The van der Waals surface area contributed by atoms with Crippen molar-refractivity contribution in [3.63, 3.8) is 0 Å². The Morgan fingerprint density at radius 2 is 2.27 bits per heavy atom. The molecule has 0 atom stereocenters. The summed E-state index contributed by atoms with van der Waals surface area (Å²) in [6.07, 6.45) is 1.93. The molecule has 0 spiro atoms. The smallest absolute Gasteiger partial charge is 0.337 e. The fourth-order valence-electron chi connectivity index (χ4n) is 1.93. The number of hydrogen-bond donors (Lipinski definition) is 2. The Hall–Kier alpha value is -2.83. The number of allylic oxidation sites excluding steroid dienone is 1. The number of aromatic nitrogens is 2. The van der Waals surface area contributed by atoms with Crippen LogP contribution in [0, 0.1) is 0 Å². The molecule has 2 N–H and O–H groups in total. The molecular formula is C15H16N2O5. The zero-order valence-electron chi connectivity index (χ0n) is 12.3. The highest BCUT2D eigenvalue weighted by molar-refractivity contribution is 5.75. The summed E-state index contributed by atoms with van der Waals surface area (Å²) >= 11 is 0. The van der Waals surface area contributed by atoms with Gasteiger partial charge in [-0.05, 0) is 18.9 Å². The number of nitrogens with one attached hydrogen (secondary N) is 1. The lowest BCUT2D eigenvalue weighted by Gasteiger charge is -2.07. The van der Waals surface area contributed by atoms with Gasteiger partial charge < -0.3 is 14.3 Å². The standard InChI is InChI=1S/C15H16N2O5/c1-4-9-6-11(19)22-14-12(9)13(20)16-15(17-14)21-7-10(5-2)8(3)18/h5-6,18H,2,4,7H2,1,3H3,(H,16,17,20)/b10-8+. The van der Waals surface area contributed by atoms with Gasteiger partial charge in [-0.25, -0.2) is 4.79 Å². The number of rotatable bonds is 5. The van der Waals surface area contributed by atoms with E-state index < -0.39 is 11.2 Å². The minimum Gasteiger partial charge on any atom is -0.512 e. The first-order valence-electron chi connectivity index (χ1n) is 6.67. The van der Waals surface area contributed by atoms with Crippen molar-refractivity contribution in [2.75, 3.05) is 6.61 Å². The minimum absolute atomic E-state index is 0.0298. The van der Waals surface area contributed by atoms with Crippen LogP contribution in [0.2, 0.25) is 0 Å². The molecule has 2 heterocycles. The van der Waals surface area contributed by atoms with E-state index in [9.17, 15) is 14.7 Å². The van der Waals surface area contributed by atoms with E-state index in [1.807, 2.05) is 6.92 Å². The van der Waals surface area contributed by atoms with Crippen LogP contribution >= 0.6 is 0 Å². The lowest BCUT2D eigenvalue weighted by atomic mass is 10.1. The predicted octanol–water partition coefficient (Wildman–Crippen LogP) is 1.84. The van der Waals surface area contributed by atoms with E-state index in [1.54, 1.807) is 0 Å². The van der Waals surface area contributed by atoms with Crippen molar-refractivity contribution >= 4 is 11.1 Å². The highest BCUT2D eigenvalue weighted by atomic mass is 16.5. The molecule has 0 unspecified atom stereocenters. The topological polar surface area (TPSA) is 105 Å². The van der Waals surface area contributed by atoms with Crippen LogP contribution in [0.15, 0.2) is 44.1 Å². The molecule has 0 amide bonds. The SMILES string of the molecule is C=C/C(COc1nc2oc(=O)cc(CC)c2c(=O)[nH]1)=C(/C)O. The number of hydrogen-bond acceptors (Lipinski definition) is 6. The Bertz CT molecular complexity index is 856. The van der Waals surface area contributed by atoms with Gasteiger partial charge in [0, 0.05) is 11.6 Å². The van der Waals surface area contributed by atoms with Crippen LogP contribution in [0.4, 0.5) is 0 Å². The first-order chi connectivity index (χ1) is 10.5. The van der Waals surface area contributed by atoms with Crippen LogP contribution < -0.4 is 15.9 Å². The van der Waals surface area contributed by atoms with Crippen molar-refractivity contribution in [3.8, 4) is 6.01 Å². The third-order valence-electron chi connectivity index (χ3n) is 3.13. The van der Waals surface area contributed by atoms with E-state index in [-0.39, 0.29) is 29.5 Å². The third-order valence-corrected chi connectivity index (χ3v) is 3.13. The Labute approximate surface area is 125 Å². The molecule has 7 nitrogen and oxygen atoms in total. The van der Waals surface area contributed by atoms with E-state index in [0.717, 1.165) is 0 Å². The first kappa shape index (κ1) is 15.6. The molecule has 0 aliphatic heterocycles. The molecule has 7 heteroatoms. The van der Waals surface area contributed by atoms with Gasteiger partial charge in [-0.15, -0.1) is 0 Å². The molecule has 0 saturated carbocycles. The Morgan fingerprint density at radius 3 is 2.86 bits per heavy atom. The summed E-state index contributed by atoms with van der Waals surface area (Å²) in [7, 11) is 0. The van der Waals surface area contributed by atoms with E-state index in [1.165, 1.54) is 19.1 Å². The molecule has 2 aromatic heterocycles. The summed E-state index contributed by atoms with van der Waals surface area (Å²) in [6, 6.07) is 1.17. The van der Waals surface area contributed by atoms with Gasteiger partial charge in [-0.1, -0.05) is 19.6 Å². The lowest BCUT2D eigenvalue weighted by Crippen LogP contribution is -2.16. The molecule has 0 bridgehead atoms. The van der Waals surface area contributed by atoms with E-state index in [0.29, 0.717) is 17.6 Å². The molecule has 116 valence electrons. The molecule has 0 aliphatic rings. The average Bonchev–Trinajstić information content (AvgIpc) is 2.46. The van der Waals surface area contributed by atoms with Gasteiger partial charge >= 0.3 is 5.63 Å². The summed E-state index contributed by atoms with van der Waals surface area (Å²) < 4.78 is 10.3. The van der Waals surface area contributed by atoms with Crippen molar-refractivity contribution in [3.05, 3.63) is 56.4 Å². The van der Waals surface area contributed by atoms with E-state index >= 15 is 0 Å². The number of ether oxygens (including phenoxy) is 1. The molecule has 0 fully saturated rings. The van der Waals surface area contributed by atoms with Gasteiger partial charge in [-0.2, -0.15) is 4.98 Å².